The molecule has 7 nitrogen and oxygen atoms in total. The fourth-order valence-electron chi connectivity index (χ4n) is 2.34. The Kier molecular flexibility index (Phi) is 5.16. The highest BCUT2D eigenvalue weighted by molar-refractivity contribution is 8.01. The zero-order valence-electron chi connectivity index (χ0n) is 12.0. The van der Waals surface area contributed by atoms with Crippen LogP contribution in [0.4, 0.5) is 0 Å². The molecule has 3 rings (SSSR count). The van der Waals surface area contributed by atoms with Crippen molar-refractivity contribution in [2.24, 2.45) is 0 Å². The molecule has 1 aromatic heterocycles. The molecule has 23 heavy (non-hydrogen) atoms. The molecule has 0 unspecified atom stereocenters. The average Bonchev–Trinajstić information content (AvgIpc) is 3.06. The molecule has 1 aliphatic rings. The standard InChI is InChI=1S/C13H14BN3O4S2/c18-5-9-3-1-2-8-4-10(14(20)21-12(8)9)16-11(19)6-22-13-17-15-7-23-13/h1-3,7,10,18,20H,4-6H2,(H,16,19)/t10-/m0/s1. The Bertz CT molecular complexity index is 686. The van der Waals surface area contributed by atoms with E-state index in [1.165, 1.54) is 23.1 Å². The van der Waals surface area contributed by atoms with Crippen molar-refractivity contribution in [1.29, 1.82) is 0 Å². The van der Waals surface area contributed by atoms with Crippen LogP contribution >= 0.6 is 23.1 Å². The molecule has 0 bridgehead atoms. The van der Waals surface area contributed by atoms with E-state index in [0.717, 1.165) is 9.90 Å². The predicted molar refractivity (Wildman–Crippen MR) is 87.2 cm³/mol. The van der Waals surface area contributed by atoms with E-state index >= 15 is 0 Å². The Morgan fingerprint density at radius 2 is 2.43 bits per heavy atom. The third-order valence-corrected chi connectivity index (χ3v) is 5.24. The van der Waals surface area contributed by atoms with E-state index in [4.69, 9.17) is 4.65 Å². The first-order valence-corrected chi connectivity index (χ1v) is 8.78. The summed E-state index contributed by atoms with van der Waals surface area (Å²) in [4.78, 5) is 12.0. The summed E-state index contributed by atoms with van der Waals surface area (Å²) < 4.78 is 6.19. The predicted octanol–water partition coefficient (Wildman–Crippen LogP) is 0.262. The first-order valence-electron chi connectivity index (χ1n) is 6.92. The van der Waals surface area contributed by atoms with Gasteiger partial charge in [-0.25, -0.2) is 0 Å². The Hall–Kier alpha value is -1.62. The minimum Gasteiger partial charge on any atom is -0.534 e. The second-order valence-electron chi connectivity index (χ2n) is 4.94. The summed E-state index contributed by atoms with van der Waals surface area (Å²) in [6, 6.07) is 5.41. The van der Waals surface area contributed by atoms with Crippen LogP contribution in [-0.4, -0.2) is 45.0 Å². The monoisotopic (exact) mass is 351 g/mol. The second-order valence-corrected chi connectivity index (χ2v) is 7.00. The van der Waals surface area contributed by atoms with Crippen molar-refractivity contribution in [3.8, 4) is 5.75 Å². The molecule has 1 atom stereocenters. The lowest BCUT2D eigenvalue weighted by Gasteiger charge is -2.29. The number of amides is 1. The molecule has 0 fully saturated rings. The lowest BCUT2D eigenvalue weighted by molar-refractivity contribution is -0.118. The molecule has 0 spiro atoms. The molecule has 0 radical (unpaired) electrons. The van der Waals surface area contributed by atoms with Crippen LogP contribution in [0, 0.1) is 0 Å². The SMILES string of the molecule is O=C(CSc1nncs1)N[C@H]1Cc2cccc(CO)c2OB1O. The lowest BCUT2D eigenvalue weighted by Crippen LogP contribution is -2.53. The van der Waals surface area contributed by atoms with Crippen molar-refractivity contribution in [3.05, 3.63) is 34.8 Å². The highest BCUT2D eigenvalue weighted by Gasteiger charge is 2.36. The molecule has 3 N–H and O–H groups in total. The summed E-state index contributed by atoms with van der Waals surface area (Å²) >= 11 is 2.66. The van der Waals surface area contributed by atoms with Crippen LogP contribution < -0.4 is 9.97 Å². The van der Waals surface area contributed by atoms with E-state index in [2.05, 4.69) is 15.5 Å². The van der Waals surface area contributed by atoms with Crippen molar-refractivity contribution in [2.45, 2.75) is 23.3 Å². The maximum atomic E-state index is 12.0. The summed E-state index contributed by atoms with van der Waals surface area (Å²) in [6.45, 7) is -0.161. The van der Waals surface area contributed by atoms with Crippen LogP contribution in [0.25, 0.3) is 0 Å². The van der Waals surface area contributed by atoms with E-state index in [0.29, 0.717) is 17.7 Å². The number of carbonyl (C=O) groups excluding carboxylic acids is 1. The zero-order valence-corrected chi connectivity index (χ0v) is 13.6. The van der Waals surface area contributed by atoms with E-state index in [1.807, 2.05) is 12.1 Å². The molecule has 0 saturated carbocycles. The molecule has 1 aromatic carbocycles. The number of hydrogen-bond acceptors (Lipinski definition) is 8. The number of aromatic nitrogens is 2. The van der Waals surface area contributed by atoms with E-state index in [-0.39, 0.29) is 18.3 Å². The quantitative estimate of drug-likeness (QED) is 0.524. The third-order valence-electron chi connectivity index (χ3n) is 3.38. The highest BCUT2D eigenvalue weighted by Crippen LogP contribution is 2.30. The van der Waals surface area contributed by atoms with Gasteiger partial charge in [-0.2, -0.15) is 0 Å². The number of hydrogen-bond donors (Lipinski definition) is 3. The summed E-state index contributed by atoms with van der Waals surface area (Å²) in [5.41, 5.74) is 3.08. The minimum atomic E-state index is -1.15. The summed E-state index contributed by atoms with van der Waals surface area (Å²) in [5, 5.41) is 29.7. The first-order chi connectivity index (χ1) is 11.2. The molecule has 2 heterocycles. The first kappa shape index (κ1) is 16.3. The molecule has 1 amide bonds. The number of nitrogens with one attached hydrogen (secondary N) is 1. The van der Waals surface area contributed by atoms with Gasteiger partial charge in [-0.15, -0.1) is 10.2 Å². The second kappa shape index (κ2) is 7.30. The van der Waals surface area contributed by atoms with Crippen molar-refractivity contribution in [1.82, 2.24) is 15.5 Å². The number of benzene rings is 1. The third kappa shape index (κ3) is 3.84. The van der Waals surface area contributed by atoms with Crippen LogP contribution in [0.1, 0.15) is 11.1 Å². The molecule has 120 valence electrons. The maximum absolute atomic E-state index is 12.0. The fourth-order valence-corrected chi connectivity index (χ4v) is 3.64. The van der Waals surface area contributed by atoms with Gasteiger partial charge in [0.15, 0.2) is 4.34 Å². The molecular formula is C13H14BN3O4S2. The Labute approximate surface area is 141 Å². The maximum Gasteiger partial charge on any atom is 0.547 e. The number of fused-ring (bicyclic) bond motifs is 1. The molecule has 2 aromatic rings. The topological polar surface area (TPSA) is 105 Å². The van der Waals surface area contributed by atoms with Gasteiger partial charge in [0.05, 0.1) is 18.3 Å². The van der Waals surface area contributed by atoms with Crippen molar-refractivity contribution < 1.29 is 19.6 Å². The lowest BCUT2D eigenvalue weighted by atomic mass is 9.72. The molecular weight excluding hydrogens is 337 g/mol. The summed E-state index contributed by atoms with van der Waals surface area (Å²) in [6.07, 6.45) is 0.444. The number of rotatable bonds is 5. The van der Waals surface area contributed by atoms with Crippen molar-refractivity contribution in [2.75, 3.05) is 5.75 Å². The normalized spacial score (nSPS) is 16.6. The van der Waals surface area contributed by atoms with Gasteiger partial charge in [-0.3, -0.25) is 4.79 Å². The Morgan fingerprint density at radius 1 is 1.57 bits per heavy atom. The van der Waals surface area contributed by atoms with Gasteiger partial charge in [0.1, 0.15) is 11.3 Å². The number of nitrogens with zero attached hydrogens (tertiary/aromatic N) is 2. The van der Waals surface area contributed by atoms with E-state index < -0.39 is 13.1 Å². The van der Waals surface area contributed by atoms with Gasteiger partial charge in [0.25, 0.3) is 0 Å². The summed E-state index contributed by atoms with van der Waals surface area (Å²) in [7, 11) is -1.15. The van der Waals surface area contributed by atoms with Crippen molar-refractivity contribution in [3.63, 3.8) is 0 Å². The van der Waals surface area contributed by atoms with E-state index in [9.17, 15) is 14.9 Å². The van der Waals surface area contributed by atoms with Gasteiger partial charge in [0.2, 0.25) is 5.91 Å². The molecule has 10 heteroatoms. The van der Waals surface area contributed by atoms with Crippen molar-refractivity contribution >= 4 is 36.1 Å². The van der Waals surface area contributed by atoms with Crippen LogP contribution in [0.5, 0.6) is 5.75 Å². The van der Waals surface area contributed by atoms with Gasteiger partial charge in [-0.05, 0) is 12.0 Å². The number of aliphatic hydroxyl groups is 1. The van der Waals surface area contributed by atoms with Gasteiger partial charge in [-0.1, -0.05) is 41.3 Å². The Morgan fingerprint density at radius 3 is 3.17 bits per heavy atom. The van der Waals surface area contributed by atoms with Crippen LogP contribution in [-0.2, 0) is 17.8 Å². The number of carbonyl (C=O) groups is 1. The average molecular weight is 351 g/mol. The molecule has 0 saturated heterocycles. The van der Waals surface area contributed by atoms with Crippen LogP contribution in [0.3, 0.4) is 0 Å². The smallest absolute Gasteiger partial charge is 0.534 e. The number of aliphatic hydroxyl groups excluding tert-OH is 1. The number of para-hydroxylation sites is 1. The molecule has 0 aliphatic carbocycles. The van der Waals surface area contributed by atoms with Crippen LogP contribution in [0.15, 0.2) is 28.0 Å². The fraction of sp³-hybridized carbons (Fsp3) is 0.308. The molecule has 1 aliphatic heterocycles. The van der Waals surface area contributed by atoms with Gasteiger partial charge in [0, 0.05) is 5.56 Å². The zero-order chi connectivity index (χ0) is 16.2. The Balaban J connectivity index is 1.61. The summed E-state index contributed by atoms with van der Waals surface area (Å²) in [5.74, 6) is -0.0445. The van der Waals surface area contributed by atoms with Crippen LogP contribution in [0.2, 0.25) is 0 Å². The van der Waals surface area contributed by atoms with Gasteiger partial charge < -0.3 is 20.1 Å². The highest BCUT2D eigenvalue weighted by atomic mass is 32.2. The van der Waals surface area contributed by atoms with Gasteiger partial charge >= 0.3 is 7.12 Å². The minimum absolute atomic E-state index is 0.161. The number of thioether (sulfide) groups is 1. The van der Waals surface area contributed by atoms with E-state index in [1.54, 1.807) is 11.6 Å². The largest absolute Gasteiger partial charge is 0.547 e.